The summed E-state index contributed by atoms with van der Waals surface area (Å²) >= 11 is 0. The van der Waals surface area contributed by atoms with E-state index in [-0.39, 0.29) is 6.61 Å². The largest absolute Gasteiger partial charge is 0.490 e. The van der Waals surface area contributed by atoms with Crippen molar-refractivity contribution in [2.24, 2.45) is 0 Å². The van der Waals surface area contributed by atoms with Crippen LogP contribution in [0.3, 0.4) is 0 Å². The number of hydrogen-bond acceptors (Lipinski definition) is 3. The van der Waals surface area contributed by atoms with E-state index in [1.807, 2.05) is 44.2 Å². The van der Waals surface area contributed by atoms with Crippen LogP contribution in [0, 0.1) is 13.8 Å². The first kappa shape index (κ1) is 13.4. The molecule has 0 fully saturated rings. The molecule has 0 radical (unpaired) electrons. The van der Waals surface area contributed by atoms with Gasteiger partial charge in [-0.15, -0.1) is 0 Å². The van der Waals surface area contributed by atoms with E-state index in [0.717, 1.165) is 16.9 Å². The fourth-order valence-corrected chi connectivity index (χ4v) is 1.91. The van der Waals surface area contributed by atoms with Gasteiger partial charge in [0, 0.05) is 5.69 Å². The zero-order valence-corrected chi connectivity index (χ0v) is 11.3. The molecule has 0 aliphatic heterocycles. The van der Waals surface area contributed by atoms with Crippen LogP contribution in [0.2, 0.25) is 0 Å². The first-order valence-corrected chi connectivity index (χ1v) is 6.30. The lowest BCUT2D eigenvalue weighted by Gasteiger charge is -2.15. The zero-order chi connectivity index (χ0) is 13.8. The van der Waals surface area contributed by atoms with Crippen molar-refractivity contribution in [3.63, 3.8) is 0 Å². The SMILES string of the molecule is Cc1cccc(OCC(O)c2cccc(N)c2)c1C. The summed E-state index contributed by atoms with van der Waals surface area (Å²) in [5.74, 6) is 0.808. The summed E-state index contributed by atoms with van der Waals surface area (Å²) in [5.41, 5.74) is 9.38. The highest BCUT2D eigenvalue weighted by Gasteiger charge is 2.10. The molecule has 100 valence electrons. The molecule has 1 unspecified atom stereocenters. The lowest BCUT2D eigenvalue weighted by atomic mass is 10.1. The average Bonchev–Trinajstić information content (AvgIpc) is 2.40. The minimum Gasteiger partial charge on any atom is -0.490 e. The quantitative estimate of drug-likeness (QED) is 0.828. The predicted molar refractivity (Wildman–Crippen MR) is 77.2 cm³/mol. The van der Waals surface area contributed by atoms with Gasteiger partial charge in [-0.25, -0.2) is 0 Å². The van der Waals surface area contributed by atoms with Gasteiger partial charge in [-0.05, 0) is 48.7 Å². The average molecular weight is 257 g/mol. The van der Waals surface area contributed by atoms with Crippen LogP contribution in [-0.2, 0) is 0 Å². The molecule has 3 N–H and O–H groups in total. The lowest BCUT2D eigenvalue weighted by Crippen LogP contribution is -2.10. The molecule has 0 aliphatic rings. The molecule has 2 aromatic rings. The molecular weight excluding hydrogens is 238 g/mol. The molecule has 0 spiro atoms. The van der Waals surface area contributed by atoms with Crippen LogP contribution < -0.4 is 10.5 Å². The summed E-state index contributed by atoms with van der Waals surface area (Å²) in [4.78, 5) is 0. The second-order valence-electron chi connectivity index (χ2n) is 4.69. The number of aliphatic hydroxyl groups excluding tert-OH is 1. The van der Waals surface area contributed by atoms with E-state index in [9.17, 15) is 5.11 Å². The smallest absolute Gasteiger partial charge is 0.122 e. The molecule has 2 aromatic carbocycles. The van der Waals surface area contributed by atoms with E-state index < -0.39 is 6.10 Å². The first-order chi connectivity index (χ1) is 9.08. The number of aryl methyl sites for hydroxylation is 1. The Balaban J connectivity index is 2.04. The van der Waals surface area contributed by atoms with Crippen LogP contribution in [0.4, 0.5) is 5.69 Å². The van der Waals surface area contributed by atoms with Crippen molar-refractivity contribution < 1.29 is 9.84 Å². The van der Waals surface area contributed by atoms with Crippen LogP contribution in [0.15, 0.2) is 42.5 Å². The van der Waals surface area contributed by atoms with Crippen molar-refractivity contribution in [1.82, 2.24) is 0 Å². The van der Waals surface area contributed by atoms with Crippen LogP contribution in [0.5, 0.6) is 5.75 Å². The summed E-state index contributed by atoms with van der Waals surface area (Å²) in [5, 5.41) is 10.1. The monoisotopic (exact) mass is 257 g/mol. The third-order valence-corrected chi connectivity index (χ3v) is 3.25. The normalized spacial score (nSPS) is 12.2. The van der Waals surface area contributed by atoms with Gasteiger partial charge in [0.1, 0.15) is 18.5 Å². The van der Waals surface area contributed by atoms with Crippen molar-refractivity contribution in [3.8, 4) is 5.75 Å². The molecule has 0 saturated heterocycles. The maximum absolute atomic E-state index is 10.1. The highest BCUT2D eigenvalue weighted by Crippen LogP contribution is 2.23. The molecular formula is C16H19NO2. The van der Waals surface area contributed by atoms with Gasteiger partial charge >= 0.3 is 0 Å². The summed E-state index contributed by atoms with van der Waals surface area (Å²) in [6.07, 6.45) is -0.677. The Morgan fingerprint density at radius 3 is 2.63 bits per heavy atom. The molecule has 1 atom stereocenters. The molecule has 3 nitrogen and oxygen atoms in total. The minimum absolute atomic E-state index is 0.216. The van der Waals surface area contributed by atoms with Crippen molar-refractivity contribution in [2.45, 2.75) is 20.0 Å². The van der Waals surface area contributed by atoms with Crippen molar-refractivity contribution in [3.05, 3.63) is 59.2 Å². The minimum atomic E-state index is -0.677. The number of nitrogen functional groups attached to an aromatic ring is 1. The van der Waals surface area contributed by atoms with E-state index in [4.69, 9.17) is 10.5 Å². The lowest BCUT2D eigenvalue weighted by molar-refractivity contribution is 0.108. The molecule has 0 bridgehead atoms. The zero-order valence-electron chi connectivity index (χ0n) is 11.3. The molecule has 0 aliphatic carbocycles. The van der Waals surface area contributed by atoms with Gasteiger partial charge < -0.3 is 15.6 Å². The predicted octanol–water partition coefficient (Wildman–Crippen LogP) is 3.00. The highest BCUT2D eigenvalue weighted by molar-refractivity contribution is 5.41. The number of benzene rings is 2. The third kappa shape index (κ3) is 3.26. The highest BCUT2D eigenvalue weighted by atomic mass is 16.5. The number of anilines is 1. The van der Waals surface area contributed by atoms with Crippen molar-refractivity contribution in [1.29, 1.82) is 0 Å². The Labute approximate surface area is 113 Å². The van der Waals surface area contributed by atoms with E-state index in [1.54, 1.807) is 12.1 Å². The first-order valence-electron chi connectivity index (χ1n) is 6.30. The Bertz CT molecular complexity index is 566. The van der Waals surface area contributed by atoms with Crippen molar-refractivity contribution >= 4 is 5.69 Å². The van der Waals surface area contributed by atoms with Crippen LogP contribution in [-0.4, -0.2) is 11.7 Å². The van der Waals surface area contributed by atoms with E-state index in [1.165, 1.54) is 5.56 Å². The van der Waals surface area contributed by atoms with E-state index in [2.05, 4.69) is 0 Å². The van der Waals surface area contributed by atoms with Crippen LogP contribution in [0.25, 0.3) is 0 Å². The van der Waals surface area contributed by atoms with Gasteiger partial charge in [-0.3, -0.25) is 0 Å². The van der Waals surface area contributed by atoms with Gasteiger partial charge in [-0.1, -0.05) is 24.3 Å². The Morgan fingerprint density at radius 2 is 1.89 bits per heavy atom. The fourth-order valence-electron chi connectivity index (χ4n) is 1.91. The van der Waals surface area contributed by atoms with Crippen LogP contribution >= 0.6 is 0 Å². The standard InChI is InChI=1S/C16H19NO2/c1-11-5-3-8-16(12(11)2)19-10-15(18)13-6-4-7-14(17)9-13/h3-9,15,18H,10,17H2,1-2H3. The Hall–Kier alpha value is -2.00. The topological polar surface area (TPSA) is 55.5 Å². The van der Waals surface area contributed by atoms with E-state index in [0.29, 0.717) is 5.69 Å². The Morgan fingerprint density at radius 1 is 1.16 bits per heavy atom. The summed E-state index contributed by atoms with van der Waals surface area (Å²) < 4.78 is 5.68. The molecule has 0 amide bonds. The summed E-state index contributed by atoms with van der Waals surface area (Å²) in [6, 6.07) is 13.1. The molecule has 3 heteroatoms. The number of hydrogen-bond donors (Lipinski definition) is 2. The second-order valence-corrected chi connectivity index (χ2v) is 4.69. The number of rotatable bonds is 4. The number of nitrogens with two attached hydrogens (primary N) is 1. The van der Waals surface area contributed by atoms with Crippen LogP contribution in [0.1, 0.15) is 22.8 Å². The third-order valence-electron chi connectivity index (χ3n) is 3.25. The fraction of sp³-hybridized carbons (Fsp3) is 0.250. The maximum atomic E-state index is 10.1. The van der Waals surface area contributed by atoms with Crippen molar-refractivity contribution in [2.75, 3.05) is 12.3 Å². The Kier molecular flexibility index (Phi) is 4.07. The molecule has 0 aromatic heterocycles. The van der Waals surface area contributed by atoms with Gasteiger partial charge in [0.25, 0.3) is 0 Å². The van der Waals surface area contributed by atoms with Gasteiger partial charge in [0.05, 0.1) is 0 Å². The molecule has 2 rings (SSSR count). The number of ether oxygens (including phenoxy) is 1. The second kappa shape index (κ2) is 5.76. The molecule has 19 heavy (non-hydrogen) atoms. The van der Waals surface area contributed by atoms with Gasteiger partial charge in [0.2, 0.25) is 0 Å². The molecule has 0 saturated carbocycles. The molecule has 0 heterocycles. The summed E-state index contributed by atoms with van der Waals surface area (Å²) in [7, 11) is 0. The maximum Gasteiger partial charge on any atom is 0.122 e. The van der Waals surface area contributed by atoms with E-state index >= 15 is 0 Å². The van der Waals surface area contributed by atoms with Gasteiger partial charge in [-0.2, -0.15) is 0 Å². The number of aliphatic hydroxyl groups is 1. The summed E-state index contributed by atoms with van der Waals surface area (Å²) in [6.45, 7) is 4.27. The van der Waals surface area contributed by atoms with Gasteiger partial charge in [0.15, 0.2) is 0 Å².